The summed E-state index contributed by atoms with van der Waals surface area (Å²) in [6, 6.07) is 12.9. The number of carbonyl (C=O) groups excluding carboxylic acids is 2. The first-order chi connectivity index (χ1) is 11.1. The summed E-state index contributed by atoms with van der Waals surface area (Å²) in [7, 11) is 0. The Balaban J connectivity index is 1.76. The number of ether oxygens (including phenoxy) is 2. The predicted molar refractivity (Wildman–Crippen MR) is 80.4 cm³/mol. The molecule has 6 nitrogen and oxygen atoms in total. The Bertz CT molecular complexity index is 635. The first-order valence-electron chi connectivity index (χ1n) is 6.91. The molecule has 2 N–H and O–H groups in total. The molecule has 0 amide bonds. The largest absolute Gasteiger partial charge is 0.508 e. The van der Waals surface area contributed by atoms with E-state index in [4.69, 9.17) is 9.47 Å². The molecule has 0 radical (unpaired) electrons. The van der Waals surface area contributed by atoms with Crippen LogP contribution in [0, 0.1) is 0 Å². The minimum Gasteiger partial charge on any atom is -0.508 e. The fourth-order valence-electron chi connectivity index (χ4n) is 1.80. The zero-order chi connectivity index (χ0) is 16.7. The summed E-state index contributed by atoms with van der Waals surface area (Å²) in [5.41, 5.74) is 0.895. The maximum Gasteiger partial charge on any atom is 0.317 e. The number of hydrogen-bond donors (Lipinski definition) is 2. The molecule has 0 bridgehead atoms. The molecule has 0 aliphatic rings. The SMILES string of the molecule is O=C(CC(=O)OCc1ccccc1O)OCc1ccccc1O. The lowest BCUT2D eigenvalue weighted by molar-refractivity contribution is -0.156. The first-order valence-corrected chi connectivity index (χ1v) is 6.91. The fraction of sp³-hybridized carbons (Fsp3) is 0.176. The molecule has 2 rings (SSSR count). The molecule has 0 saturated heterocycles. The number of esters is 2. The van der Waals surface area contributed by atoms with Crippen molar-refractivity contribution in [1.29, 1.82) is 0 Å². The molecule has 0 saturated carbocycles. The standard InChI is InChI=1S/C17H16O6/c18-14-7-3-1-5-12(14)10-22-16(20)9-17(21)23-11-13-6-2-4-8-15(13)19/h1-8,18-19H,9-11H2. The Morgan fingerprint density at radius 2 is 1.13 bits per heavy atom. The number of hydrogen-bond acceptors (Lipinski definition) is 6. The second-order valence-electron chi connectivity index (χ2n) is 4.76. The van der Waals surface area contributed by atoms with Crippen molar-refractivity contribution >= 4 is 11.9 Å². The van der Waals surface area contributed by atoms with Crippen molar-refractivity contribution in [2.45, 2.75) is 19.6 Å². The van der Waals surface area contributed by atoms with Crippen LogP contribution >= 0.6 is 0 Å². The van der Waals surface area contributed by atoms with Gasteiger partial charge in [0.1, 0.15) is 31.1 Å². The van der Waals surface area contributed by atoms with Gasteiger partial charge in [-0.1, -0.05) is 36.4 Å². The summed E-state index contributed by atoms with van der Waals surface area (Å²) in [4.78, 5) is 23.1. The van der Waals surface area contributed by atoms with Gasteiger partial charge >= 0.3 is 11.9 Å². The van der Waals surface area contributed by atoms with E-state index in [0.717, 1.165) is 0 Å². The molecular weight excluding hydrogens is 300 g/mol. The van der Waals surface area contributed by atoms with Crippen molar-refractivity contribution < 1.29 is 29.3 Å². The Hall–Kier alpha value is -3.02. The maximum absolute atomic E-state index is 11.6. The van der Waals surface area contributed by atoms with Gasteiger partial charge in [-0.3, -0.25) is 9.59 Å². The predicted octanol–water partition coefficient (Wildman–Crippen LogP) is 2.27. The van der Waals surface area contributed by atoms with Crippen LogP contribution in [0.3, 0.4) is 0 Å². The van der Waals surface area contributed by atoms with Gasteiger partial charge in [0.2, 0.25) is 0 Å². The van der Waals surface area contributed by atoms with Crippen molar-refractivity contribution in [3.05, 3.63) is 59.7 Å². The Kier molecular flexibility index (Phi) is 5.57. The Labute approximate surface area is 132 Å². The number of para-hydroxylation sites is 2. The minimum absolute atomic E-state index is 0.0161. The fourth-order valence-corrected chi connectivity index (χ4v) is 1.80. The van der Waals surface area contributed by atoms with Crippen molar-refractivity contribution in [2.24, 2.45) is 0 Å². The highest BCUT2D eigenvalue weighted by Crippen LogP contribution is 2.18. The molecule has 23 heavy (non-hydrogen) atoms. The lowest BCUT2D eigenvalue weighted by atomic mass is 10.2. The van der Waals surface area contributed by atoms with Crippen LogP contribution in [0.2, 0.25) is 0 Å². The van der Waals surface area contributed by atoms with Crippen molar-refractivity contribution in [1.82, 2.24) is 0 Å². The molecule has 0 fully saturated rings. The van der Waals surface area contributed by atoms with Gasteiger partial charge in [-0.15, -0.1) is 0 Å². The van der Waals surface area contributed by atoms with Crippen LogP contribution in [0.25, 0.3) is 0 Å². The zero-order valence-corrected chi connectivity index (χ0v) is 12.3. The summed E-state index contributed by atoms with van der Waals surface area (Å²) in [5, 5.41) is 19.1. The molecule has 0 atom stereocenters. The van der Waals surface area contributed by atoms with Crippen LogP contribution in [0.1, 0.15) is 17.5 Å². The quantitative estimate of drug-likeness (QED) is 0.627. The molecule has 2 aromatic rings. The second-order valence-corrected chi connectivity index (χ2v) is 4.76. The molecule has 0 aliphatic heterocycles. The van der Waals surface area contributed by atoms with E-state index in [2.05, 4.69) is 0 Å². The molecule has 2 aromatic carbocycles. The summed E-state index contributed by atoms with van der Waals surface area (Å²) in [6.45, 7) is -0.253. The van der Waals surface area contributed by atoms with Crippen molar-refractivity contribution in [3.63, 3.8) is 0 Å². The number of phenols is 2. The number of carbonyl (C=O) groups is 2. The zero-order valence-electron chi connectivity index (χ0n) is 12.3. The topological polar surface area (TPSA) is 93.1 Å². The third-order valence-electron chi connectivity index (χ3n) is 3.05. The van der Waals surface area contributed by atoms with E-state index >= 15 is 0 Å². The molecule has 0 aliphatic carbocycles. The van der Waals surface area contributed by atoms with Gasteiger partial charge in [-0.05, 0) is 12.1 Å². The molecule has 0 unspecified atom stereocenters. The smallest absolute Gasteiger partial charge is 0.317 e. The summed E-state index contributed by atoms with van der Waals surface area (Å²) in [5.74, 6) is -1.48. The van der Waals surface area contributed by atoms with Gasteiger partial charge in [0.25, 0.3) is 0 Å². The van der Waals surface area contributed by atoms with Gasteiger partial charge < -0.3 is 19.7 Å². The average Bonchev–Trinajstić information content (AvgIpc) is 2.53. The van der Waals surface area contributed by atoms with Crippen molar-refractivity contribution in [3.8, 4) is 11.5 Å². The molecule has 0 aromatic heterocycles. The third kappa shape index (κ3) is 5.03. The van der Waals surface area contributed by atoms with Crippen molar-refractivity contribution in [2.75, 3.05) is 0 Å². The van der Waals surface area contributed by atoms with Gasteiger partial charge in [-0.25, -0.2) is 0 Å². The van der Waals surface area contributed by atoms with Gasteiger partial charge in [0, 0.05) is 11.1 Å². The van der Waals surface area contributed by atoms with Crippen LogP contribution in [-0.4, -0.2) is 22.2 Å². The molecule has 0 spiro atoms. The Morgan fingerprint density at radius 3 is 1.52 bits per heavy atom. The Morgan fingerprint density at radius 1 is 0.739 bits per heavy atom. The number of rotatable bonds is 6. The number of aromatic hydroxyl groups is 2. The van der Waals surface area contributed by atoms with Crippen LogP contribution in [-0.2, 0) is 32.3 Å². The normalized spacial score (nSPS) is 10.1. The van der Waals surface area contributed by atoms with Gasteiger partial charge in [-0.2, -0.15) is 0 Å². The summed E-state index contributed by atoms with van der Waals surface area (Å²) < 4.78 is 9.81. The van der Waals surface area contributed by atoms with E-state index in [1.54, 1.807) is 36.4 Å². The van der Waals surface area contributed by atoms with E-state index in [-0.39, 0.29) is 24.7 Å². The highest BCUT2D eigenvalue weighted by Gasteiger charge is 2.14. The van der Waals surface area contributed by atoms with E-state index in [1.807, 2.05) is 0 Å². The molecular formula is C17H16O6. The molecule has 0 heterocycles. The lowest BCUT2D eigenvalue weighted by Crippen LogP contribution is -2.14. The highest BCUT2D eigenvalue weighted by molar-refractivity contribution is 5.91. The minimum atomic E-state index is -0.754. The first kappa shape index (κ1) is 16.4. The van der Waals surface area contributed by atoms with Gasteiger partial charge in [0.05, 0.1) is 0 Å². The monoisotopic (exact) mass is 316 g/mol. The number of phenolic OH excluding ortho intramolecular Hbond substituents is 2. The number of benzene rings is 2. The second kappa shape index (κ2) is 7.84. The maximum atomic E-state index is 11.6. The average molecular weight is 316 g/mol. The summed E-state index contributed by atoms with van der Waals surface area (Å²) in [6.07, 6.45) is -0.540. The summed E-state index contributed by atoms with van der Waals surface area (Å²) >= 11 is 0. The lowest BCUT2D eigenvalue weighted by Gasteiger charge is -2.08. The van der Waals surface area contributed by atoms with E-state index in [9.17, 15) is 19.8 Å². The van der Waals surface area contributed by atoms with Gasteiger partial charge in [0.15, 0.2) is 0 Å². The van der Waals surface area contributed by atoms with E-state index in [0.29, 0.717) is 11.1 Å². The molecule has 6 heteroatoms. The van der Waals surface area contributed by atoms with Crippen LogP contribution < -0.4 is 0 Å². The van der Waals surface area contributed by atoms with Crippen LogP contribution in [0.5, 0.6) is 11.5 Å². The molecule has 120 valence electrons. The van der Waals surface area contributed by atoms with E-state index in [1.165, 1.54) is 12.1 Å². The third-order valence-corrected chi connectivity index (χ3v) is 3.05. The van der Waals surface area contributed by atoms with Crippen LogP contribution in [0.15, 0.2) is 48.5 Å². The highest BCUT2D eigenvalue weighted by atomic mass is 16.6. The van der Waals surface area contributed by atoms with Crippen LogP contribution in [0.4, 0.5) is 0 Å². The van der Waals surface area contributed by atoms with E-state index < -0.39 is 18.4 Å².